The number of hydrogen-bond donors (Lipinski definition) is 3. The summed E-state index contributed by atoms with van der Waals surface area (Å²) in [7, 11) is 1.74. The molecule has 94 valence electrons. The van der Waals surface area contributed by atoms with Crippen LogP contribution in [0.4, 0.5) is 10.5 Å². The van der Waals surface area contributed by atoms with Crippen LogP contribution in [0.15, 0.2) is 6.20 Å². The highest BCUT2D eigenvalue weighted by atomic mass is 16.4. The SMILES string of the molecule is CC[C@H](NC(=O)Nc1cn(C)nc1C)C(=O)O. The van der Waals surface area contributed by atoms with Gasteiger partial charge in [-0.3, -0.25) is 4.68 Å². The van der Waals surface area contributed by atoms with Crippen LogP contribution in [0, 0.1) is 6.92 Å². The fourth-order valence-corrected chi connectivity index (χ4v) is 1.38. The highest BCUT2D eigenvalue weighted by Crippen LogP contribution is 2.10. The Morgan fingerprint density at radius 2 is 2.24 bits per heavy atom. The summed E-state index contributed by atoms with van der Waals surface area (Å²) in [5.41, 5.74) is 1.23. The van der Waals surface area contributed by atoms with E-state index in [0.717, 1.165) is 0 Å². The number of carbonyl (C=O) groups excluding carboxylic acids is 1. The molecule has 1 atom stereocenters. The van der Waals surface area contributed by atoms with E-state index in [9.17, 15) is 9.59 Å². The second-order valence-corrected chi connectivity index (χ2v) is 3.70. The van der Waals surface area contributed by atoms with Crippen molar-refractivity contribution in [3.05, 3.63) is 11.9 Å². The molecule has 1 aromatic heterocycles. The zero-order valence-electron chi connectivity index (χ0n) is 10.0. The van der Waals surface area contributed by atoms with Crippen molar-refractivity contribution in [2.45, 2.75) is 26.3 Å². The molecule has 0 fully saturated rings. The van der Waals surface area contributed by atoms with Crippen molar-refractivity contribution >= 4 is 17.7 Å². The van der Waals surface area contributed by atoms with Crippen LogP contribution in [-0.4, -0.2) is 32.9 Å². The van der Waals surface area contributed by atoms with Crippen LogP contribution >= 0.6 is 0 Å². The molecule has 0 radical (unpaired) electrons. The number of nitrogens with zero attached hydrogens (tertiary/aromatic N) is 2. The van der Waals surface area contributed by atoms with Crippen LogP contribution in [-0.2, 0) is 11.8 Å². The van der Waals surface area contributed by atoms with E-state index in [-0.39, 0.29) is 0 Å². The second-order valence-electron chi connectivity index (χ2n) is 3.70. The molecule has 0 saturated carbocycles. The predicted octanol–water partition coefficient (Wildman–Crippen LogP) is 0.713. The van der Waals surface area contributed by atoms with Gasteiger partial charge < -0.3 is 15.7 Å². The lowest BCUT2D eigenvalue weighted by Crippen LogP contribution is -2.42. The number of rotatable bonds is 4. The lowest BCUT2D eigenvalue weighted by molar-refractivity contribution is -0.139. The van der Waals surface area contributed by atoms with Crippen LogP contribution in [0.5, 0.6) is 0 Å². The van der Waals surface area contributed by atoms with Gasteiger partial charge in [-0.25, -0.2) is 9.59 Å². The van der Waals surface area contributed by atoms with Crippen molar-refractivity contribution in [2.75, 3.05) is 5.32 Å². The number of carbonyl (C=O) groups is 2. The van der Waals surface area contributed by atoms with Gasteiger partial charge in [-0.05, 0) is 13.3 Å². The molecule has 0 spiro atoms. The van der Waals surface area contributed by atoms with E-state index in [2.05, 4.69) is 15.7 Å². The number of anilines is 1. The third-order valence-electron chi connectivity index (χ3n) is 2.27. The molecule has 7 nitrogen and oxygen atoms in total. The number of nitrogens with one attached hydrogen (secondary N) is 2. The van der Waals surface area contributed by atoms with E-state index in [4.69, 9.17) is 5.11 Å². The van der Waals surface area contributed by atoms with Crippen molar-refractivity contribution < 1.29 is 14.7 Å². The van der Waals surface area contributed by atoms with Crippen LogP contribution in [0.3, 0.4) is 0 Å². The van der Waals surface area contributed by atoms with Gasteiger partial charge in [-0.2, -0.15) is 5.10 Å². The Balaban J connectivity index is 2.61. The summed E-state index contributed by atoms with van der Waals surface area (Å²) in [6.07, 6.45) is 1.98. The van der Waals surface area contributed by atoms with Gasteiger partial charge in [0.05, 0.1) is 11.4 Å². The number of carboxylic acids is 1. The molecule has 0 saturated heterocycles. The van der Waals surface area contributed by atoms with Crippen LogP contribution in [0.1, 0.15) is 19.0 Å². The summed E-state index contributed by atoms with van der Waals surface area (Å²) >= 11 is 0. The smallest absolute Gasteiger partial charge is 0.326 e. The summed E-state index contributed by atoms with van der Waals surface area (Å²) in [5, 5.41) is 17.8. The lowest BCUT2D eigenvalue weighted by Gasteiger charge is -2.12. The maximum absolute atomic E-state index is 11.5. The fraction of sp³-hybridized carbons (Fsp3) is 0.500. The van der Waals surface area contributed by atoms with Gasteiger partial charge in [-0.1, -0.05) is 6.92 Å². The van der Waals surface area contributed by atoms with Gasteiger partial charge in [0.15, 0.2) is 0 Å². The second kappa shape index (κ2) is 5.33. The minimum absolute atomic E-state index is 0.328. The molecule has 7 heteroatoms. The standard InChI is InChI=1S/C10H16N4O3/c1-4-7(9(15)16)11-10(17)12-8-5-14(3)13-6(8)2/h5,7H,4H2,1-3H3,(H,15,16)(H2,11,12,17)/t7-/m0/s1. The van der Waals surface area contributed by atoms with Crippen LogP contribution in [0.25, 0.3) is 0 Å². The van der Waals surface area contributed by atoms with E-state index < -0.39 is 18.0 Å². The number of hydrogen-bond acceptors (Lipinski definition) is 3. The monoisotopic (exact) mass is 240 g/mol. The van der Waals surface area contributed by atoms with Gasteiger partial charge in [0.2, 0.25) is 0 Å². The highest BCUT2D eigenvalue weighted by Gasteiger charge is 2.18. The number of aryl methyl sites for hydroxylation is 2. The summed E-state index contributed by atoms with van der Waals surface area (Å²) in [4.78, 5) is 22.3. The van der Waals surface area contributed by atoms with Crippen molar-refractivity contribution in [3.8, 4) is 0 Å². The molecule has 1 rings (SSSR count). The average molecular weight is 240 g/mol. The third-order valence-corrected chi connectivity index (χ3v) is 2.27. The molecule has 0 aromatic carbocycles. The Labute approximate surface area is 98.8 Å². The van der Waals surface area contributed by atoms with Crippen molar-refractivity contribution in [2.24, 2.45) is 7.05 Å². The van der Waals surface area contributed by atoms with E-state index in [1.807, 2.05) is 0 Å². The molecule has 2 amide bonds. The number of carboxylic acid groups (broad SMARTS) is 1. The molecule has 0 bridgehead atoms. The normalized spacial score (nSPS) is 11.9. The van der Waals surface area contributed by atoms with Gasteiger partial charge in [0, 0.05) is 13.2 Å². The third kappa shape index (κ3) is 3.47. The van der Waals surface area contributed by atoms with Crippen molar-refractivity contribution in [3.63, 3.8) is 0 Å². The van der Waals surface area contributed by atoms with Crippen molar-refractivity contribution in [1.82, 2.24) is 15.1 Å². The molecular weight excluding hydrogens is 224 g/mol. The Hall–Kier alpha value is -2.05. The Kier molecular flexibility index (Phi) is 4.08. The Bertz CT molecular complexity index is 427. The van der Waals surface area contributed by atoms with E-state index in [0.29, 0.717) is 17.8 Å². The van der Waals surface area contributed by atoms with E-state index in [1.54, 1.807) is 31.8 Å². The van der Waals surface area contributed by atoms with E-state index >= 15 is 0 Å². The first-order valence-corrected chi connectivity index (χ1v) is 5.24. The molecule has 0 aliphatic carbocycles. The molecule has 1 heterocycles. The summed E-state index contributed by atoms with van der Waals surface area (Å²) in [5.74, 6) is -1.05. The lowest BCUT2D eigenvalue weighted by atomic mass is 10.2. The molecular formula is C10H16N4O3. The predicted molar refractivity (Wildman–Crippen MR) is 61.8 cm³/mol. The summed E-state index contributed by atoms with van der Waals surface area (Å²) in [6.45, 7) is 3.44. The average Bonchev–Trinajstić information content (AvgIpc) is 2.53. The molecule has 3 N–H and O–H groups in total. The highest BCUT2D eigenvalue weighted by molar-refractivity contribution is 5.92. The number of amides is 2. The van der Waals surface area contributed by atoms with E-state index in [1.165, 1.54) is 0 Å². The molecule has 0 unspecified atom stereocenters. The van der Waals surface area contributed by atoms with Crippen LogP contribution in [0.2, 0.25) is 0 Å². The van der Waals surface area contributed by atoms with Gasteiger partial charge in [0.25, 0.3) is 0 Å². The molecule has 1 aromatic rings. The maximum Gasteiger partial charge on any atom is 0.326 e. The summed E-state index contributed by atoms with van der Waals surface area (Å²) in [6, 6.07) is -1.43. The summed E-state index contributed by atoms with van der Waals surface area (Å²) < 4.78 is 1.57. The quantitative estimate of drug-likeness (QED) is 0.722. The molecule has 0 aliphatic rings. The zero-order chi connectivity index (χ0) is 13.0. The largest absolute Gasteiger partial charge is 0.480 e. The number of aromatic nitrogens is 2. The van der Waals surface area contributed by atoms with Gasteiger partial charge >= 0.3 is 12.0 Å². The van der Waals surface area contributed by atoms with Gasteiger partial charge in [0.1, 0.15) is 6.04 Å². The first-order valence-electron chi connectivity index (χ1n) is 5.24. The number of urea groups is 1. The first kappa shape index (κ1) is 13.0. The Morgan fingerprint density at radius 1 is 1.59 bits per heavy atom. The van der Waals surface area contributed by atoms with Crippen LogP contribution < -0.4 is 10.6 Å². The topological polar surface area (TPSA) is 96.3 Å². The van der Waals surface area contributed by atoms with Crippen molar-refractivity contribution in [1.29, 1.82) is 0 Å². The maximum atomic E-state index is 11.5. The Morgan fingerprint density at radius 3 is 2.65 bits per heavy atom. The van der Waals surface area contributed by atoms with Gasteiger partial charge in [-0.15, -0.1) is 0 Å². The number of aliphatic carboxylic acids is 1. The molecule has 17 heavy (non-hydrogen) atoms. The minimum Gasteiger partial charge on any atom is -0.480 e. The minimum atomic E-state index is -1.05. The molecule has 0 aliphatic heterocycles. The fourth-order valence-electron chi connectivity index (χ4n) is 1.38. The zero-order valence-corrected chi connectivity index (χ0v) is 10.0. The first-order chi connectivity index (χ1) is 7.93.